The number of hydrogen-bond donors (Lipinski definition) is 1. The lowest BCUT2D eigenvalue weighted by molar-refractivity contribution is -0.122. The van der Waals surface area contributed by atoms with Gasteiger partial charge in [0, 0.05) is 51.4 Å². The summed E-state index contributed by atoms with van der Waals surface area (Å²) in [6, 6.07) is 23.8. The summed E-state index contributed by atoms with van der Waals surface area (Å²) in [7, 11) is 5.11. The number of methoxy groups -OCH3 is 1. The van der Waals surface area contributed by atoms with Crippen LogP contribution < -0.4 is 15.0 Å². The number of nitrogens with one attached hydrogen (secondary N) is 1. The lowest BCUT2D eigenvalue weighted by Crippen LogP contribution is -2.41. The van der Waals surface area contributed by atoms with Gasteiger partial charge in [-0.05, 0) is 61.9 Å². The van der Waals surface area contributed by atoms with E-state index in [-0.39, 0.29) is 5.91 Å². The molecule has 6 nitrogen and oxygen atoms in total. The van der Waals surface area contributed by atoms with E-state index in [1.54, 1.807) is 61.8 Å². The van der Waals surface area contributed by atoms with Crippen LogP contribution in [0, 0.1) is 0 Å². The highest BCUT2D eigenvalue weighted by atomic mass is 35.5. The molecule has 0 saturated carbocycles. The third-order valence-electron chi connectivity index (χ3n) is 7.35. The third-order valence-corrected chi connectivity index (χ3v) is 8.64. The predicted molar refractivity (Wildman–Crippen MR) is 193 cm³/mol. The van der Waals surface area contributed by atoms with Gasteiger partial charge in [-0.1, -0.05) is 94.4 Å². The number of aromatic nitrogens is 2. The first-order valence-corrected chi connectivity index (χ1v) is 15.9. The van der Waals surface area contributed by atoms with Crippen LogP contribution in [-0.2, 0) is 10.2 Å². The number of nitrogens with zero attached hydrogens (tertiary/aromatic N) is 3. The molecule has 0 saturated heterocycles. The van der Waals surface area contributed by atoms with Crippen LogP contribution >= 0.6 is 58.0 Å². The normalized spacial score (nSPS) is 10.9. The second-order valence-corrected chi connectivity index (χ2v) is 12.7. The molecule has 0 radical (unpaired) electrons. The van der Waals surface area contributed by atoms with E-state index < -0.39 is 5.41 Å². The monoisotopic (exact) mass is 714 g/mol. The van der Waals surface area contributed by atoms with Crippen LogP contribution in [0.25, 0.3) is 22.3 Å². The summed E-state index contributed by atoms with van der Waals surface area (Å²) in [5.41, 5.74) is 4.73. The van der Waals surface area contributed by atoms with Gasteiger partial charge in [0.15, 0.2) is 0 Å². The summed E-state index contributed by atoms with van der Waals surface area (Å²) >= 11 is 30.8. The van der Waals surface area contributed by atoms with Gasteiger partial charge in [0.05, 0.1) is 36.3 Å². The van der Waals surface area contributed by atoms with Crippen molar-refractivity contribution in [2.24, 2.45) is 0 Å². The Morgan fingerprint density at radius 2 is 1.30 bits per heavy atom. The number of anilines is 2. The van der Waals surface area contributed by atoms with Gasteiger partial charge < -0.3 is 15.0 Å². The minimum Gasteiger partial charge on any atom is -0.497 e. The number of carbonyl (C=O) groups is 1. The smallest absolute Gasteiger partial charge is 0.236 e. The van der Waals surface area contributed by atoms with E-state index >= 15 is 0 Å². The van der Waals surface area contributed by atoms with Gasteiger partial charge in [-0.2, -0.15) is 0 Å². The summed E-state index contributed by atoms with van der Waals surface area (Å²) in [4.78, 5) is 23.4. The number of ether oxygens (including phenoxy) is 1. The molecule has 3 aromatic carbocycles. The summed E-state index contributed by atoms with van der Waals surface area (Å²) in [6.45, 7) is 3.69. The van der Waals surface area contributed by atoms with Crippen molar-refractivity contribution in [3.8, 4) is 28.0 Å². The lowest BCUT2D eigenvalue weighted by atomic mass is 9.83. The molecule has 2 heterocycles. The van der Waals surface area contributed by atoms with E-state index in [4.69, 9.17) is 62.7 Å². The average molecular weight is 717 g/mol. The molecule has 0 bridgehead atoms. The fraction of sp³-hybridized carbons (Fsp3) is 0.171. The highest BCUT2D eigenvalue weighted by Crippen LogP contribution is 2.39. The van der Waals surface area contributed by atoms with E-state index in [9.17, 15) is 4.79 Å². The summed E-state index contributed by atoms with van der Waals surface area (Å²) in [5, 5.41) is 5.58. The van der Waals surface area contributed by atoms with Crippen LogP contribution in [-0.4, -0.2) is 37.1 Å². The molecule has 0 fully saturated rings. The molecule has 0 aliphatic rings. The molecule has 11 heteroatoms. The molecule has 0 spiro atoms. The van der Waals surface area contributed by atoms with Crippen LogP contribution in [0.2, 0.25) is 25.4 Å². The first-order valence-electron chi connectivity index (χ1n) is 14.0. The average Bonchev–Trinajstić information content (AvgIpc) is 3.04. The van der Waals surface area contributed by atoms with E-state index in [1.807, 2.05) is 69.4 Å². The molecular weight excluding hydrogens is 686 g/mol. The zero-order valence-corrected chi connectivity index (χ0v) is 29.5. The fourth-order valence-corrected chi connectivity index (χ4v) is 5.83. The first-order chi connectivity index (χ1) is 21.9. The molecule has 0 aliphatic heterocycles. The zero-order chi connectivity index (χ0) is 33.6. The molecule has 1 N–H and O–H groups in total. The topological polar surface area (TPSA) is 67.4 Å². The molecule has 1 amide bonds. The quantitative estimate of drug-likeness (QED) is 0.170. The molecule has 5 rings (SSSR count). The largest absolute Gasteiger partial charge is 0.497 e. The van der Waals surface area contributed by atoms with Gasteiger partial charge in [-0.25, -0.2) is 9.97 Å². The van der Waals surface area contributed by atoms with Gasteiger partial charge in [0.2, 0.25) is 5.91 Å². The number of likely N-dealkylation sites (N-methyl/N-ethyl adjacent to an activating group) is 1. The zero-order valence-electron chi connectivity index (χ0n) is 25.7. The Balaban J connectivity index is 0.000000252. The van der Waals surface area contributed by atoms with Gasteiger partial charge in [0.25, 0.3) is 0 Å². The molecular formula is C35H31Cl5N4O2. The number of pyridine rings is 2. The predicted octanol–water partition coefficient (Wildman–Crippen LogP) is 10.8. The van der Waals surface area contributed by atoms with Gasteiger partial charge >= 0.3 is 0 Å². The second kappa shape index (κ2) is 15.4. The van der Waals surface area contributed by atoms with Crippen molar-refractivity contribution in [1.29, 1.82) is 0 Å². The van der Waals surface area contributed by atoms with Gasteiger partial charge in [-0.3, -0.25) is 4.79 Å². The molecule has 46 heavy (non-hydrogen) atoms. The Bertz CT molecular complexity index is 1870. The maximum absolute atomic E-state index is 13.6. The van der Waals surface area contributed by atoms with Crippen LogP contribution in [0.15, 0.2) is 91.3 Å². The molecule has 2 aromatic heterocycles. The number of hydrogen-bond acceptors (Lipinski definition) is 5. The van der Waals surface area contributed by atoms with Crippen molar-refractivity contribution in [2.75, 3.05) is 31.4 Å². The minimum atomic E-state index is -0.885. The standard InChI is InChI=1S/C23H21Cl3N2O2.C12H10Cl2N2/c1-23(2,14-9-15(24)11-16(10-14)30-4)22(29)28(3)20-13-27-21(26)12-18(20)17-7-5-6-8-19(17)25;1-15-11-7-16-12(14)6-9(11)8-4-2-3-5-10(8)13/h5-13H,1-4H3;2-7,15H,1H3. The van der Waals surface area contributed by atoms with E-state index in [1.165, 1.54) is 0 Å². The Morgan fingerprint density at radius 1 is 0.761 bits per heavy atom. The Kier molecular flexibility index (Phi) is 11.8. The fourth-order valence-electron chi connectivity index (χ4n) is 4.81. The lowest BCUT2D eigenvalue weighted by Gasteiger charge is -2.31. The van der Waals surface area contributed by atoms with E-state index in [0.717, 1.165) is 33.5 Å². The van der Waals surface area contributed by atoms with Gasteiger partial charge in [0.1, 0.15) is 16.1 Å². The Hall–Kier alpha value is -3.52. The Morgan fingerprint density at radius 3 is 1.87 bits per heavy atom. The summed E-state index contributed by atoms with van der Waals surface area (Å²) in [6.07, 6.45) is 3.27. The van der Waals surface area contributed by atoms with Crippen molar-refractivity contribution < 1.29 is 9.53 Å². The second-order valence-electron chi connectivity index (χ2n) is 10.7. The summed E-state index contributed by atoms with van der Waals surface area (Å²) < 4.78 is 5.31. The SMILES string of the molecule is CNc1cnc(Cl)cc1-c1ccccc1Cl.COc1cc(Cl)cc(C(C)(C)C(=O)N(C)c2cnc(Cl)cc2-c2ccccc2Cl)c1. The van der Waals surface area contributed by atoms with Gasteiger partial charge in [-0.15, -0.1) is 0 Å². The van der Waals surface area contributed by atoms with Crippen LogP contribution in [0.5, 0.6) is 5.75 Å². The van der Waals surface area contributed by atoms with E-state index in [2.05, 4.69) is 15.3 Å². The number of amides is 1. The number of rotatable bonds is 7. The third kappa shape index (κ3) is 8.06. The van der Waals surface area contributed by atoms with Crippen LogP contribution in [0.1, 0.15) is 19.4 Å². The Labute approximate surface area is 294 Å². The maximum atomic E-state index is 13.6. The molecule has 238 valence electrons. The molecule has 5 aromatic rings. The summed E-state index contributed by atoms with van der Waals surface area (Å²) in [5.74, 6) is 0.440. The van der Waals surface area contributed by atoms with Crippen molar-refractivity contribution >= 4 is 75.3 Å². The van der Waals surface area contributed by atoms with Crippen molar-refractivity contribution in [3.63, 3.8) is 0 Å². The highest BCUT2D eigenvalue weighted by Gasteiger charge is 2.35. The number of halogens is 5. The van der Waals surface area contributed by atoms with Crippen molar-refractivity contribution in [1.82, 2.24) is 9.97 Å². The maximum Gasteiger partial charge on any atom is 0.236 e. The van der Waals surface area contributed by atoms with E-state index in [0.29, 0.717) is 36.8 Å². The molecule has 0 atom stereocenters. The minimum absolute atomic E-state index is 0.149. The number of carbonyl (C=O) groups excluding carboxylic acids is 1. The first kappa shape index (κ1) is 35.3. The van der Waals surface area contributed by atoms with Crippen LogP contribution in [0.4, 0.5) is 11.4 Å². The molecule has 0 aliphatic carbocycles. The number of benzene rings is 3. The van der Waals surface area contributed by atoms with Crippen LogP contribution in [0.3, 0.4) is 0 Å². The molecule has 0 unspecified atom stereocenters. The highest BCUT2D eigenvalue weighted by molar-refractivity contribution is 6.34. The van der Waals surface area contributed by atoms with Crippen molar-refractivity contribution in [2.45, 2.75) is 19.3 Å². The van der Waals surface area contributed by atoms with Crippen molar-refractivity contribution in [3.05, 3.63) is 122 Å².